The molecule has 24 valence electrons. The molecule has 0 aromatic carbocycles. The summed E-state index contributed by atoms with van der Waals surface area (Å²) in [5.74, 6) is 0. The van der Waals surface area contributed by atoms with E-state index in [2.05, 4.69) is 0 Å². The second-order valence-corrected chi connectivity index (χ2v) is 0.578. The Morgan fingerprint density at radius 2 is 1.80 bits per heavy atom. The van der Waals surface area contributed by atoms with Gasteiger partial charge >= 0.3 is 37.3 Å². The SMILES string of the molecule is [Li][CH]=C(F)F. The summed E-state index contributed by atoms with van der Waals surface area (Å²) in [4.78, 5) is 0. The molecule has 0 rings (SSSR count). The third kappa shape index (κ3) is 4.20. The Morgan fingerprint density at radius 1 is 1.60 bits per heavy atom. The van der Waals surface area contributed by atoms with Gasteiger partial charge in [0.1, 0.15) is 0 Å². The van der Waals surface area contributed by atoms with Crippen LogP contribution in [0.15, 0.2) is 10.8 Å². The van der Waals surface area contributed by atoms with Crippen molar-refractivity contribution in [3.8, 4) is 0 Å². The summed E-state index contributed by atoms with van der Waals surface area (Å²) < 4.78 is 22.0. The van der Waals surface area contributed by atoms with Crippen LogP contribution in [0.2, 0.25) is 0 Å². The number of hydrogen-bond acceptors (Lipinski definition) is 0. The molecule has 0 radical (unpaired) electrons. The van der Waals surface area contributed by atoms with Crippen LogP contribution in [0.1, 0.15) is 0 Å². The summed E-state index contributed by atoms with van der Waals surface area (Å²) in [5.41, 5.74) is 0. The number of rotatable bonds is 0. The van der Waals surface area contributed by atoms with Crippen molar-refractivity contribution >= 4 is 17.7 Å². The van der Waals surface area contributed by atoms with Crippen LogP contribution < -0.4 is 0 Å². The van der Waals surface area contributed by atoms with Gasteiger partial charge in [0.15, 0.2) is 0 Å². The summed E-state index contributed by atoms with van der Waals surface area (Å²) in [7, 11) is 0. The molecule has 0 aromatic heterocycles. The second kappa shape index (κ2) is 2.44. The summed E-state index contributed by atoms with van der Waals surface area (Å²) in [6, 6.07) is 0. The van der Waals surface area contributed by atoms with Gasteiger partial charge in [-0.3, -0.25) is 0 Å². The van der Waals surface area contributed by atoms with Gasteiger partial charge in [0, 0.05) is 0 Å². The summed E-state index contributed by atoms with van der Waals surface area (Å²) in [6.45, 7) is 0. The third-order valence-corrected chi connectivity index (χ3v) is 0.218. The zero-order valence-electron chi connectivity index (χ0n) is 2.83. The third-order valence-electron chi connectivity index (χ3n) is 0.218. The summed E-state index contributed by atoms with van der Waals surface area (Å²) >= 11 is 1.29. The first-order valence-corrected chi connectivity index (χ1v) is 1.24. The molecule has 0 bridgehead atoms. The molecule has 0 aromatic rings. The fourth-order valence-electron chi connectivity index (χ4n) is 0. The van der Waals surface area contributed by atoms with Gasteiger partial charge in [-0.2, -0.15) is 0 Å². The van der Waals surface area contributed by atoms with Crippen molar-refractivity contribution in [2.24, 2.45) is 0 Å². The van der Waals surface area contributed by atoms with Crippen LogP contribution in [0.5, 0.6) is 0 Å². The van der Waals surface area contributed by atoms with Crippen LogP contribution in [0, 0.1) is 0 Å². The average molecular weight is 70.0 g/mol. The molecule has 0 aliphatic heterocycles. The maximum atomic E-state index is 10.6. The molecule has 3 heteroatoms. The Labute approximate surface area is 38.1 Å². The van der Waals surface area contributed by atoms with E-state index in [0.717, 1.165) is 4.75 Å². The zero-order valence-corrected chi connectivity index (χ0v) is 2.83. The van der Waals surface area contributed by atoms with E-state index < -0.39 is 6.08 Å². The Kier molecular flexibility index (Phi) is 2.53. The van der Waals surface area contributed by atoms with Crippen LogP contribution in [-0.2, 0) is 0 Å². The minimum atomic E-state index is -1.62. The zero-order chi connectivity index (χ0) is 4.28. The van der Waals surface area contributed by atoms with Gasteiger partial charge in [-0.25, -0.2) is 0 Å². The van der Waals surface area contributed by atoms with E-state index in [-0.39, 0.29) is 0 Å². The van der Waals surface area contributed by atoms with Gasteiger partial charge in [-0.05, 0) is 0 Å². The molecular weight excluding hydrogens is 69.0 g/mol. The molecule has 0 N–H and O–H groups in total. The Bertz CT molecular complexity index is 45.6. The first-order chi connectivity index (χ1) is 2.27. The van der Waals surface area contributed by atoms with Gasteiger partial charge in [-0.15, -0.1) is 0 Å². The normalized spacial score (nSPS) is 7.20. The van der Waals surface area contributed by atoms with E-state index in [0.29, 0.717) is 0 Å². The molecule has 0 unspecified atom stereocenters. The number of hydrogen-bond donors (Lipinski definition) is 0. The molecule has 0 heterocycles. The fraction of sp³-hybridized carbons (Fsp3) is 0. The minimum absolute atomic E-state index is 0.750. The first-order valence-electron chi connectivity index (χ1n) is 1.24. The average Bonchev–Trinajstić information content (AvgIpc) is 1.38. The van der Waals surface area contributed by atoms with Crippen LogP contribution in [-0.4, -0.2) is 17.7 Å². The van der Waals surface area contributed by atoms with E-state index in [1.807, 2.05) is 0 Å². The predicted molar refractivity (Wildman–Crippen MR) is 16.1 cm³/mol. The molecular formula is C2HF2Li. The molecule has 0 aliphatic rings. The molecule has 0 spiro atoms. The van der Waals surface area contributed by atoms with Gasteiger partial charge in [-0.1, -0.05) is 0 Å². The van der Waals surface area contributed by atoms with Crippen LogP contribution >= 0.6 is 0 Å². The van der Waals surface area contributed by atoms with Crippen molar-refractivity contribution in [1.82, 2.24) is 0 Å². The van der Waals surface area contributed by atoms with Gasteiger partial charge in [0.25, 0.3) is 0 Å². The Morgan fingerprint density at radius 3 is 1.80 bits per heavy atom. The van der Waals surface area contributed by atoms with Crippen molar-refractivity contribution in [2.45, 2.75) is 0 Å². The Hall–Kier alpha value is 0.197. The molecule has 5 heavy (non-hydrogen) atoms. The van der Waals surface area contributed by atoms with E-state index in [4.69, 9.17) is 0 Å². The van der Waals surface area contributed by atoms with Crippen molar-refractivity contribution in [3.05, 3.63) is 10.8 Å². The van der Waals surface area contributed by atoms with Crippen LogP contribution in [0.25, 0.3) is 0 Å². The molecule has 0 saturated carbocycles. The standard InChI is InChI=1S/C2HF2.Li/c1-2(3)4;/h1H;. The molecule has 0 saturated heterocycles. The van der Waals surface area contributed by atoms with E-state index in [1.165, 1.54) is 17.7 Å². The molecule has 0 fully saturated rings. The molecule has 0 amide bonds. The van der Waals surface area contributed by atoms with Crippen molar-refractivity contribution in [1.29, 1.82) is 0 Å². The fourth-order valence-corrected chi connectivity index (χ4v) is 0. The van der Waals surface area contributed by atoms with E-state index in [1.54, 1.807) is 0 Å². The summed E-state index contributed by atoms with van der Waals surface area (Å²) in [6.07, 6.45) is -1.62. The van der Waals surface area contributed by atoms with Gasteiger partial charge in [0.05, 0.1) is 0 Å². The summed E-state index contributed by atoms with van der Waals surface area (Å²) in [5, 5.41) is 0. The Balaban J connectivity index is 3.14. The molecule has 0 nitrogen and oxygen atoms in total. The second-order valence-electron chi connectivity index (χ2n) is 0.578. The topological polar surface area (TPSA) is 0 Å². The van der Waals surface area contributed by atoms with Gasteiger partial charge < -0.3 is 0 Å². The van der Waals surface area contributed by atoms with Crippen LogP contribution in [0.3, 0.4) is 0 Å². The van der Waals surface area contributed by atoms with Crippen LogP contribution in [0.4, 0.5) is 8.78 Å². The van der Waals surface area contributed by atoms with Gasteiger partial charge in [0.2, 0.25) is 0 Å². The first kappa shape index (κ1) is 5.20. The molecule has 0 atom stereocenters. The quantitative estimate of drug-likeness (QED) is 0.371. The van der Waals surface area contributed by atoms with Crippen molar-refractivity contribution < 1.29 is 8.78 Å². The molecule has 0 aliphatic carbocycles. The van der Waals surface area contributed by atoms with E-state index in [9.17, 15) is 8.78 Å². The predicted octanol–water partition coefficient (Wildman–Crippen LogP) is 0.893. The number of halogens is 2. The van der Waals surface area contributed by atoms with Crippen molar-refractivity contribution in [3.63, 3.8) is 0 Å². The maximum absolute atomic E-state index is 10.6. The van der Waals surface area contributed by atoms with Crippen molar-refractivity contribution in [2.75, 3.05) is 0 Å². The monoisotopic (exact) mass is 70.0 g/mol. The van der Waals surface area contributed by atoms with E-state index >= 15 is 0 Å².